The van der Waals surface area contributed by atoms with Crippen LogP contribution in [0.3, 0.4) is 0 Å². The Kier molecular flexibility index (Phi) is 5.64. The van der Waals surface area contributed by atoms with E-state index in [2.05, 4.69) is 170 Å². The van der Waals surface area contributed by atoms with Crippen molar-refractivity contribution in [2.75, 3.05) is 0 Å². The van der Waals surface area contributed by atoms with Crippen molar-refractivity contribution < 1.29 is 4.42 Å². The first kappa shape index (κ1) is 26.1. The van der Waals surface area contributed by atoms with Gasteiger partial charge < -0.3 is 4.42 Å². The van der Waals surface area contributed by atoms with Gasteiger partial charge in [0.1, 0.15) is 11.2 Å². The number of hydrogen-bond acceptors (Lipinski definition) is 1. The summed E-state index contributed by atoms with van der Waals surface area (Å²) in [6, 6.07) is 61.6. The Morgan fingerprint density at radius 2 is 0.872 bits per heavy atom. The molecule has 1 aromatic heterocycles. The summed E-state index contributed by atoms with van der Waals surface area (Å²) in [7, 11) is 0. The van der Waals surface area contributed by atoms with E-state index in [1.807, 2.05) is 0 Å². The molecule has 1 heteroatoms. The predicted molar refractivity (Wildman–Crippen MR) is 200 cm³/mol. The number of fused-ring (bicyclic) bond motifs is 8. The Morgan fingerprint density at radius 1 is 0.298 bits per heavy atom. The molecule has 218 valence electrons. The highest BCUT2D eigenvalue weighted by Gasteiger charge is 2.20. The van der Waals surface area contributed by atoms with E-state index in [1.165, 1.54) is 76.5 Å². The summed E-state index contributed by atoms with van der Waals surface area (Å²) in [4.78, 5) is 0. The molecule has 0 radical (unpaired) electrons. The topological polar surface area (TPSA) is 13.1 Å². The highest BCUT2D eigenvalue weighted by Crippen LogP contribution is 2.48. The van der Waals surface area contributed by atoms with Crippen LogP contribution in [0.4, 0.5) is 0 Å². The smallest absolute Gasteiger partial charge is 0.135 e. The third-order valence-electron chi connectivity index (χ3n) is 9.84. The summed E-state index contributed by atoms with van der Waals surface area (Å²) in [5, 5.41) is 12.3. The van der Waals surface area contributed by atoms with Crippen molar-refractivity contribution in [3.8, 4) is 33.4 Å². The normalized spacial score (nSPS) is 11.8. The van der Waals surface area contributed by atoms with Gasteiger partial charge in [-0.3, -0.25) is 0 Å². The third-order valence-corrected chi connectivity index (χ3v) is 9.84. The van der Waals surface area contributed by atoms with E-state index in [0.29, 0.717) is 0 Å². The van der Waals surface area contributed by atoms with Gasteiger partial charge in [-0.25, -0.2) is 0 Å². The monoisotopic (exact) mass is 596 g/mol. The van der Waals surface area contributed by atoms with Gasteiger partial charge in [0.05, 0.1) is 0 Å². The molecule has 10 rings (SSSR count). The Labute approximate surface area is 271 Å². The first-order valence-electron chi connectivity index (χ1n) is 16.2. The van der Waals surface area contributed by atoms with Gasteiger partial charge in [-0.1, -0.05) is 146 Å². The molecular formula is C46H28O. The molecular weight excluding hydrogens is 569 g/mol. The van der Waals surface area contributed by atoms with E-state index < -0.39 is 0 Å². The fraction of sp³-hybridized carbons (Fsp3) is 0. The molecule has 0 spiro atoms. The van der Waals surface area contributed by atoms with Crippen molar-refractivity contribution in [3.63, 3.8) is 0 Å². The van der Waals surface area contributed by atoms with Gasteiger partial charge in [0.2, 0.25) is 0 Å². The first-order valence-corrected chi connectivity index (χ1v) is 16.2. The lowest BCUT2D eigenvalue weighted by Gasteiger charge is -2.20. The minimum absolute atomic E-state index is 0.903. The Morgan fingerprint density at radius 3 is 1.64 bits per heavy atom. The molecule has 1 nitrogen and oxygen atoms in total. The van der Waals surface area contributed by atoms with Crippen LogP contribution in [0.1, 0.15) is 0 Å². The average molecular weight is 597 g/mol. The summed E-state index contributed by atoms with van der Waals surface area (Å²) >= 11 is 0. The van der Waals surface area contributed by atoms with Gasteiger partial charge in [0.15, 0.2) is 0 Å². The molecule has 0 aliphatic rings. The van der Waals surface area contributed by atoms with Crippen molar-refractivity contribution in [2.24, 2.45) is 0 Å². The molecule has 1 heterocycles. The van der Waals surface area contributed by atoms with Crippen LogP contribution in [-0.4, -0.2) is 0 Å². The minimum Gasteiger partial charge on any atom is -0.456 e. The molecule has 47 heavy (non-hydrogen) atoms. The van der Waals surface area contributed by atoms with Crippen LogP contribution < -0.4 is 0 Å². The van der Waals surface area contributed by atoms with Gasteiger partial charge in [0.25, 0.3) is 0 Å². The number of benzene rings is 9. The van der Waals surface area contributed by atoms with Gasteiger partial charge in [-0.15, -0.1) is 0 Å². The third kappa shape index (κ3) is 3.97. The van der Waals surface area contributed by atoms with Gasteiger partial charge >= 0.3 is 0 Å². The van der Waals surface area contributed by atoms with Crippen molar-refractivity contribution in [1.82, 2.24) is 0 Å². The maximum absolute atomic E-state index is 6.38. The van der Waals surface area contributed by atoms with Crippen molar-refractivity contribution in [1.29, 1.82) is 0 Å². The quantitative estimate of drug-likeness (QED) is 0.146. The SMILES string of the molecule is c1ccc(-c2ccc3oc4ccc(-c5c6ccccc6c(-c6cccc7ccccc67)c6c5ccc5ccccc56)cc4c3c2)cc1. The molecule has 0 aliphatic carbocycles. The zero-order chi connectivity index (χ0) is 30.9. The molecule has 0 saturated heterocycles. The number of hydrogen-bond donors (Lipinski definition) is 0. The molecule has 0 amide bonds. The first-order chi connectivity index (χ1) is 23.3. The Bertz CT molecular complexity index is 2830. The highest BCUT2D eigenvalue weighted by molar-refractivity contribution is 6.29. The maximum Gasteiger partial charge on any atom is 0.135 e. The maximum atomic E-state index is 6.38. The molecule has 0 aliphatic heterocycles. The summed E-state index contributed by atoms with van der Waals surface area (Å²) in [6.07, 6.45) is 0. The van der Waals surface area contributed by atoms with Crippen molar-refractivity contribution in [2.45, 2.75) is 0 Å². The summed E-state index contributed by atoms with van der Waals surface area (Å²) in [5.41, 5.74) is 9.18. The Hall–Kier alpha value is -6.18. The van der Waals surface area contributed by atoms with E-state index in [9.17, 15) is 0 Å². The molecule has 10 aromatic rings. The lowest BCUT2D eigenvalue weighted by atomic mass is 9.83. The van der Waals surface area contributed by atoms with E-state index in [-0.39, 0.29) is 0 Å². The van der Waals surface area contributed by atoms with Gasteiger partial charge in [0, 0.05) is 10.8 Å². The van der Waals surface area contributed by atoms with Crippen LogP contribution in [0.5, 0.6) is 0 Å². The number of furan rings is 1. The van der Waals surface area contributed by atoms with Crippen LogP contribution in [0, 0.1) is 0 Å². The minimum atomic E-state index is 0.903. The lowest BCUT2D eigenvalue weighted by Crippen LogP contribution is -1.92. The standard InChI is InChI=1S/C46H28O/c1-2-11-29(12-3-1)32-22-25-42-40(27-32)41-28-33(23-26-43(41)47-42)44-37-18-8-9-19-38(37)46(36-20-10-15-30-13-4-6-16-34(30)36)45-35-17-7-5-14-31(35)21-24-39(44)45/h1-28H. The summed E-state index contributed by atoms with van der Waals surface area (Å²) < 4.78 is 6.38. The molecule has 9 aromatic carbocycles. The van der Waals surface area contributed by atoms with Crippen LogP contribution in [-0.2, 0) is 0 Å². The molecule has 0 unspecified atom stereocenters. The largest absolute Gasteiger partial charge is 0.456 e. The van der Waals surface area contributed by atoms with Crippen LogP contribution >= 0.6 is 0 Å². The van der Waals surface area contributed by atoms with Crippen LogP contribution in [0.2, 0.25) is 0 Å². The average Bonchev–Trinajstić information content (AvgIpc) is 3.51. The second-order valence-corrected chi connectivity index (χ2v) is 12.4. The zero-order valence-corrected chi connectivity index (χ0v) is 25.6. The predicted octanol–water partition coefficient (Wildman–Crippen LogP) is 13.2. The number of rotatable bonds is 3. The zero-order valence-electron chi connectivity index (χ0n) is 25.6. The van der Waals surface area contributed by atoms with Crippen molar-refractivity contribution in [3.05, 3.63) is 170 Å². The van der Waals surface area contributed by atoms with Crippen molar-refractivity contribution >= 4 is 65.0 Å². The molecule has 0 atom stereocenters. The summed E-state index contributed by atoms with van der Waals surface area (Å²) in [6.45, 7) is 0. The fourth-order valence-corrected chi connectivity index (χ4v) is 7.73. The molecule has 0 fully saturated rings. The van der Waals surface area contributed by atoms with Gasteiger partial charge in [-0.2, -0.15) is 0 Å². The Balaban J connectivity index is 1.33. The second kappa shape index (κ2) is 10.2. The molecule has 0 saturated carbocycles. The van der Waals surface area contributed by atoms with E-state index in [0.717, 1.165) is 21.9 Å². The van der Waals surface area contributed by atoms with E-state index in [1.54, 1.807) is 0 Å². The molecule has 0 bridgehead atoms. The van der Waals surface area contributed by atoms with E-state index >= 15 is 0 Å². The fourth-order valence-electron chi connectivity index (χ4n) is 7.73. The van der Waals surface area contributed by atoms with E-state index in [4.69, 9.17) is 4.42 Å². The lowest BCUT2D eigenvalue weighted by molar-refractivity contribution is 0.669. The van der Waals surface area contributed by atoms with Crippen LogP contribution in [0.15, 0.2) is 174 Å². The van der Waals surface area contributed by atoms with Crippen LogP contribution in [0.25, 0.3) is 98.4 Å². The van der Waals surface area contributed by atoms with Gasteiger partial charge in [-0.05, 0) is 101 Å². The summed E-state index contributed by atoms with van der Waals surface area (Å²) in [5.74, 6) is 0. The second-order valence-electron chi connectivity index (χ2n) is 12.4. The highest BCUT2D eigenvalue weighted by atomic mass is 16.3. The molecule has 0 N–H and O–H groups in total.